The third-order valence-electron chi connectivity index (χ3n) is 2.85. The van der Waals surface area contributed by atoms with Gasteiger partial charge in [0.1, 0.15) is 11.6 Å². The topological polar surface area (TPSA) is 49.3 Å². The number of para-hydroxylation sites is 1. The highest BCUT2D eigenvalue weighted by molar-refractivity contribution is 6.06. The van der Waals surface area contributed by atoms with E-state index in [1.165, 1.54) is 6.07 Å². The minimum Gasteiger partial charge on any atom is -0.507 e. The molecule has 0 atom stereocenters. The number of rotatable bonds is 3. The molecule has 2 aromatic rings. The van der Waals surface area contributed by atoms with E-state index in [0.29, 0.717) is 5.69 Å². The summed E-state index contributed by atoms with van der Waals surface area (Å²) >= 11 is 0. The third kappa shape index (κ3) is 2.91. The number of nitrogens with one attached hydrogen (secondary N) is 1. The molecule has 0 aliphatic rings. The Morgan fingerprint density at radius 2 is 2.00 bits per heavy atom. The van der Waals surface area contributed by atoms with Crippen LogP contribution in [0.4, 0.5) is 10.1 Å². The molecule has 0 heterocycles. The molecule has 1 amide bonds. The minimum atomic E-state index is -0.581. The van der Waals surface area contributed by atoms with E-state index >= 15 is 0 Å². The SMILES string of the molecule is CCc1ccccc1NC(=O)c1ccc(F)cc1O. The largest absolute Gasteiger partial charge is 0.507 e. The van der Waals surface area contributed by atoms with Crippen LogP contribution in [0.2, 0.25) is 0 Å². The molecule has 0 radical (unpaired) electrons. The first-order chi connectivity index (χ1) is 9.11. The van der Waals surface area contributed by atoms with Crippen LogP contribution in [-0.2, 0) is 6.42 Å². The van der Waals surface area contributed by atoms with Crippen LogP contribution in [0, 0.1) is 5.82 Å². The highest BCUT2D eigenvalue weighted by Crippen LogP contribution is 2.21. The lowest BCUT2D eigenvalue weighted by molar-refractivity contribution is 0.102. The molecule has 0 aromatic heterocycles. The van der Waals surface area contributed by atoms with Crippen molar-refractivity contribution in [3.8, 4) is 5.75 Å². The van der Waals surface area contributed by atoms with Crippen LogP contribution in [0.1, 0.15) is 22.8 Å². The van der Waals surface area contributed by atoms with E-state index in [9.17, 15) is 14.3 Å². The molecule has 3 nitrogen and oxygen atoms in total. The zero-order valence-corrected chi connectivity index (χ0v) is 10.5. The zero-order chi connectivity index (χ0) is 13.8. The third-order valence-corrected chi connectivity index (χ3v) is 2.85. The summed E-state index contributed by atoms with van der Waals surface area (Å²) in [5.41, 5.74) is 1.74. The molecule has 0 unspecified atom stereocenters. The number of benzene rings is 2. The summed E-state index contributed by atoms with van der Waals surface area (Å²) in [5.74, 6) is -1.41. The van der Waals surface area contributed by atoms with Gasteiger partial charge in [-0.2, -0.15) is 0 Å². The van der Waals surface area contributed by atoms with Crippen LogP contribution in [0.3, 0.4) is 0 Å². The molecule has 19 heavy (non-hydrogen) atoms. The van der Waals surface area contributed by atoms with Crippen molar-refractivity contribution >= 4 is 11.6 Å². The van der Waals surface area contributed by atoms with Crippen LogP contribution in [0.15, 0.2) is 42.5 Å². The van der Waals surface area contributed by atoms with E-state index in [1.807, 2.05) is 25.1 Å². The van der Waals surface area contributed by atoms with Crippen molar-refractivity contribution in [1.29, 1.82) is 0 Å². The number of hydrogen-bond acceptors (Lipinski definition) is 2. The Hall–Kier alpha value is -2.36. The molecular formula is C15H14FNO2. The number of aryl methyl sites for hydroxylation is 1. The molecule has 0 aliphatic carbocycles. The molecule has 0 saturated heterocycles. The summed E-state index contributed by atoms with van der Waals surface area (Å²) in [5, 5.41) is 12.3. The normalized spacial score (nSPS) is 10.2. The van der Waals surface area contributed by atoms with Crippen molar-refractivity contribution in [1.82, 2.24) is 0 Å². The van der Waals surface area contributed by atoms with Crippen molar-refractivity contribution in [2.24, 2.45) is 0 Å². The molecule has 0 spiro atoms. The van der Waals surface area contributed by atoms with Gasteiger partial charge in [0, 0.05) is 11.8 Å². The van der Waals surface area contributed by atoms with Gasteiger partial charge in [-0.25, -0.2) is 4.39 Å². The van der Waals surface area contributed by atoms with Gasteiger partial charge in [0.05, 0.1) is 5.56 Å². The van der Waals surface area contributed by atoms with Gasteiger partial charge in [-0.1, -0.05) is 25.1 Å². The molecule has 0 bridgehead atoms. The second kappa shape index (κ2) is 5.52. The van der Waals surface area contributed by atoms with Gasteiger partial charge >= 0.3 is 0 Å². The smallest absolute Gasteiger partial charge is 0.259 e. The number of aromatic hydroxyl groups is 1. The summed E-state index contributed by atoms with van der Waals surface area (Å²) in [7, 11) is 0. The fourth-order valence-corrected chi connectivity index (χ4v) is 1.84. The Balaban J connectivity index is 2.26. The van der Waals surface area contributed by atoms with E-state index in [1.54, 1.807) is 6.07 Å². The predicted molar refractivity (Wildman–Crippen MR) is 71.8 cm³/mol. The second-order valence-electron chi connectivity index (χ2n) is 4.13. The average molecular weight is 259 g/mol. The van der Waals surface area contributed by atoms with Crippen LogP contribution < -0.4 is 5.32 Å². The van der Waals surface area contributed by atoms with Gasteiger partial charge in [0.25, 0.3) is 5.91 Å². The van der Waals surface area contributed by atoms with Gasteiger partial charge in [-0.05, 0) is 30.2 Å². The van der Waals surface area contributed by atoms with Crippen LogP contribution in [-0.4, -0.2) is 11.0 Å². The van der Waals surface area contributed by atoms with E-state index in [0.717, 1.165) is 24.1 Å². The van der Waals surface area contributed by atoms with Gasteiger partial charge < -0.3 is 10.4 Å². The highest BCUT2D eigenvalue weighted by atomic mass is 19.1. The molecule has 4 heteroatoms. The molecule has 2 N–H and O–H groups in total. The van der Waals surface area contributed by atoms with Gasteiger partial charge in [0.2, 0.25) is 0 Å². The second-order valence-corrected chi connectivity index (χ2v) is 4.13. The predicted octanol–water partition coefficient (Wildman–Crippen LogP) is 3.35. The summed E-state index contributed by atoms with van der Waals surface area (Å²) in [6.07, 6.45) is 0.784. The first-order valence-corrected chi connectivity index (χ1v) is 5.99. The fourth-order valence-electron chi connectivity index (χ4n) is 1.84. The summed E-state index contributed by atoms with van der Waals surface area (Å²) in [6.45, 7) is 1.99. The van der Waals surface area contributed by atoms with Crippen molar-refractivity contribution < 1.29 is 14.3 Å². The Bertz CT molecular complexity index is 611. The maximum absolute atomic E-state index is 12.9. The minimum absolute atomic E-state index is 0.0484. The van der Waals surface area contributed by atoms with Crippen molar-refractivity contribution in [3.05, 3.63) is 59.4 Å². The lowest BCUT2D eigenvalue weighted by atomic mass is 10.1. The molecule has 0 fully saturated rings. The van der Waals surface area contributed by atoms with E-state index in [-0.39, 0.29) is 11.3 Å². The number of phenolic OH excluding ortho intramolecular Hbond substituents is 1. The number of halogens is 1. The van der Waals surface area contributed by atoms with Crippen LogP contribution in [0.5, 0.6) is 5.75 Å². The first kappa shape index (κ1) is 13.1. The lowest BCUT2D eigenvalue weighted by Gasteiger charge is -2.10. The van der Waals surface area contributed by atoms with Gasteiger partial charge in [-0.15, -0.1) is 0 Å². The monoisotopic (exact) mass is 259 g/mol. The molecular weight excluding hydrogens is 245 g/mol. The number of carbonyl (C=O) groups is 1. The van der Waals surface area contributed by atoms with Crippen LogP contribution in [0.25, 0.3) is 0 Å². The highest BCUT2D eigenvalue weighted by Gasteiger charge is 2.13. The van der Waals surface area contributed by atoms with Crippen molar-refractivity contribution in [3.63, 3.8) is 0 Å². The van der Waals surface area contributed by atoms with E-state index < -0.39 is 11.7 Å². The van der Waals surface area contributed by atoms with Crippen molar-refractivity contribution in [2.45, 2.75) is 13.3 Å². The summed E-state index contributed by atoms with van der Waals surface area (Å²) in [6, 6.07) is 10.7. The number of phenols is 1. The van der Waals surface area contributed by atoms with E-state index in [2.05, 4.69) is 5.32 Å². The molecule has 0 saturated carbocycles. The Kier molecular flexibility index (Phi) is 3.80. The first-order valence-electron chi connectivity index (χ1n) is 5.99. The zero-order valence-electron chi connectivity index (χ0n) is 10.5. The summed E-state index contributed by atoms with van der Waals surface area (Å²) in [4.78, 5) is 12.0. The maximum atomic E-state index is 12.9. The standard InChI is InChI=1S/C15H14FNO2/c1-2-10-5-3-4-6-13(10)17-15(19)12-8-7-11(16)9-14(12)18/h3-9,18H,2H2,1H3,(H,17,19). The van der Waals surface area contributed by atoms with Gasteiger partial charge in [0.15, 0.2) is 0 Å². The van der Waals surface area contributed by atoms with Gasteiger partial charge in [-0.3, -0.25) is 4.79 Å². The van der Waals surface area contributed by atoms with Crippen LogP contribution >= 0.6 is 0 Å². The molecule has 0 aliphatic heterocycles. The Morgan fingerprint density at radius 1 is 1.26 bits per heavy atom. The molecule has 98 valence electrons. The van der Waals surface area contributed by atoms with Crippen molar-refractivity contribution in [2.75, 3.05) is 5.32 Å². The molecule has 2 rings (SSSR count). The number of amides is 1. The Morgan fingerprint density at radius 3 is 2.68 bits per heavy atom. The molecule has 2 aromatic carbocycles. The van der Waals surface area contributed by atoms with E-state index in [4.69, 9.17) is 0 Å². The summed E-state index contributed by atoms with van der Waals surface area (Å²) < 4.78 is 12.9. The fraction of sp³-hybridized carbons (Fsp3) is 0.133. The quantitative estimate of drug-likeness (QED) is 0.888. The number of carbonyl (C=O) groups excluding carboxylic acids is 1. The average Bonchev–Trinajstić information content (AvgIpc) is 2.39. The number of anilines is 1. The number of hydrogen-bond donors (Lipinski definition) is 2. The Labute approximate surface area is 110 Å². The lowest BCUT2D eigenvalue weighted by Crippen LogP contribution is -2.13. The maximum Gasteiger partial charge on any atom is 0.259 e.